The zero-order chi connectivity index (χ0) is 15.2. The highest BCUT2D eigenvalue weighted by molar-refractivity contribution is 7.98. The van der Waals surface area contributed by atoms with Crippen LogP contribution in [0.25, 0.3) is 10.9 Å². The SMILES string of the molecule is CSCC(CCO)NC(=O)Cc1c[nH]c2ccc(Cl)cc12. The van der Waals surface area contributed by atoms with Crippen LogP contribution in [0.4, 0.5) is 0 Å². The Kier molecular flexibility index (Phi) is 5.96. The maximum Gasteiger partial charge on any atom is 0.224 e. The summed E-state index contributed by atoms with van der Waals surface area (Å²) in [6.07, 6.45) is 4.71. The van der Waals surface area contributed by atoms with Crippen LogP contribution < -0.4 is 5.32 Å². The van der Waals surface area contributed by atoms with Crippen molar-refractivity contribution in [2.75, 3.05) is 18.6 Å². The number of thioether (sulfide) groups is 1. The van der Waals surface area contributed by atoms with E-state index in [0.29, 0.717) is 17.9 Å². The number of nitrogens with one attached hydrogen (secondary N) is 2. The molecule has 0 saturated heterocycles. The van der Waals surface area contributed by atoms with Gasteiger partial charge in [0.05, 0.1) is 6.42 Å². The van der Waals surface area contributed by atoms with Crippen molar-refractivity contribution in [1.82, 2.24) is 10.3 Å². The molecule has 1 unspecified atom stereocenters. The molecule has 2 aromatic rings. The third-order valence-electron chi connectivity index (χ3n) is 3.29. The molecule has 0 spiro atoms. The number of H-pyrrole nitrogens is 1. The van der Waals surface area contributed by atoms with Crippen molar-refractivity contribution in [1.29, 1.82) is 0 Å². The lowest BCUT2D eigenvalue weighted by Gasteiger charge is -2.16. The smallest absolute Gasteiger partial charge is 0.224 e. The normalized spacial score (nSPS) is 12.5. The number of halogens is 1. The van der Waals surface area contributed by atoms with Crippen LogP contribution >= 0.6 is 23.4 Å². The Hall–Kier alpha value is -1.17. The lowest BCUT2D eigenvalue weighted by atomic mass is 10.1. The minimum absolute atomic E-state index is 0.00583. The Morgan fingerprint density at radius 1 is 1.52 bits per heavy atom. The largest absolute Gasteiger partial charge is 0.396 e. The lowest BCUT2D eigenvalue weighted by Crippen LogP contribution is -2.38. The molecule has 1 heterocycles. The molecule has 6 heteroatoms. The van der Waals surface area contributed by atoms with Gasteiger partial charge in [-0.05, 0) is 36.4 Å². The van der Waals surface area contributed by atoms with Gasteiger partial charge in [-0.1, -0.05) is 11.6 Å². The van der Waals surface area contributed by atoms with Crippen molar-refractivity contribution in [3.8, 4) is 0 Å². The molecular formula is C15H19ClN2O2S. The number of aliphatic hydroxyl groups excluding tert-OH is 1. The fraction of sp³-hybridized carbons (Fsp3) is 0.400. The molecule has 4 nitrogen and oxygen atoms in total. The van der Waals surface area contributed by atoms with Crippen molar-refractivity contribution >= 4 is 40.2 Å². The van der Waals surface area contributed by atoms with Crippen LogP contribution in [-0.4, -0.2) is 40.7 Å². The predicted octanol–water partition coefficient (Wildman–Crippen LogP) is 2.59. The molecule has 3 N–H and O–H groups in total. The summed E-state index contributed by atoms with van der Waals surface area (Å²) in [6.45, 7) is 0.0776. The fourth-order valence-corrected chi connectivity index (χ4v) is 3.13. The monoisotopic (exact) mass is 326 g/mol. The van der Waals surface area contributed by atoms with E-state index in [4.69, 9.17) is 16.7 Å². The van der Waals surface area contributed by atoms with Gasteiger partial charge in [0.25, 0.3) is 0 Å². The summed E-state index contributed by atoms with van der Waals surface area (Å²) in [4.78, 5) is 15.3. The van der Waals surface area contributed by atoms with Crippen LogP contribution in [0.15, 0.2) is 24.4 Å². The van der Waals surface area contributed by atoms with Crippen molar-refractivity contribution < 1.29 is 9.90 Å². The highest BCUT2D eigenvalue weighted by Crippen LogP contribution is 2.22. The van der Waals surface area contributed by atoms with Gasteiger partial charge in [-0.2, -0.15) is 11.8 Å². The van der Waals surface area contributed by atoms with Crippen LogP contribution in [0.5, 0.6) is 0 Å². The minimum Gasteiger partial charge on any atom is -0.396 e. The third kappa shape index (κ3) is 4.40. The van der Waals surface area contributed by atoms with Gasteiger partial charge >= 0.3 is 0 Å². The average Bonchev–Trinajstić information content (AvgIpc) is 2.82. The number of carbonyl (C=O) groups is 1. The first-order valence-corrected chi connectivity index (χ1v) is 8.56. The molecule has 0 bridgehead atoms. The van der Waals surface area contributed by atoms with E-state index >= 15 is 0 Å². The first kappa shape index (κ1) is 16.2. The van der Waals surface area contributed by atoms with E-state index in [1.54, 1.807) is 11.8 Å². The predicted molar refractivity (Wildman–Crippen MR) is 89.0 cm³/mol. The van der Waals surface area contributed by atoms with Gasteiger partial charge in [-0.25, -0.2) is 0 Å². The van der Waals surface area contributed by atoms with E-state index in [1.807, 2.05) is 30.7 Å². The van der Waals surface area contributed by atoms with Gasteiger partial charge in [0.15, 0.2) is 0 Å². The molecule has 114 valence electrons. The van der Waals surface area contributed by atoms with Crippen LogP contribution in [0.2, 0.25) is 5.02 Å². The molecule has 0 fully saturated rings. The Balaban J connectivity index is 2.05. The molecular weight excluding hydrogens is 308 g/mol. The quantitative estimate of drug-likeness (QED) is 0.732. The highest BCUT2D eigenvalue weighted by atomic mass is 35.5. The molecule has 0 saturated carbocycles. The first-order chi connectivity index (χ1) is 10.1. The van der Waals surface area contributed by atoms with Crippen molar-refractivity contribution in [3.05, 3.63) is 35.0 Å². The van der Waals surface area contributed by atoms with E-state index in [9.17, 15) is 4.79 Å². The molecule has 1 aromatic carbocycles. The van der Waals surface area contributed by atoms with Crippen LogP contribution in [0.1, 0.15) is 12.0 Å². The van der Waals surface area contributed by atoms with Gasteiger partial charge in [0.1, 0.15) is 0 Å². The van der Waals surface area contributed by atoms with Crippen molar-refractivity contribution in [2.45, 2.75) is 18.9 Å². The molecule has 0 aliphatic carbocycles. The average molecular weight is 327 g/mol. The molecule has 0 aliphatic heterocycles. The summed E-state index contributed by atoms with van der Waals surface area (Å²) in [6, 6.07) is 5.59. The summed E-state index contributed by atoms with van der Waals surface area (Å²) in [7, 11) is 0. The zero-order valence-corrected chi connectivity index (χ0v) is 13.4. The summed E-state index contributed by atoms with van der Waals surface area (Å²) in [5, 5.41) is 13.6. The number of carbonyl (C=O) groups excluding carboxylic acids is 1. The number of aromatic nitrogens is 1. The Morgan fingerprint density at radius 2 is 2.33 bits per heavy atom. The number of hydrogen-bond donors (Lipinski definition) is 3. The highest BCUT2D eigenvalue weighted by Gasteiger charge is 2.14. The molecule has 21 heavy (non-hydrogen) atoms. The summed E-state index contributed by atoms with van der Waals surface area (Å²) in [5.41, 5.74) is 1.90. The van der Waals surface area contributed by atoms with Gasteiger partial charge in [-0.15, -0.1) is 0 Å². The third-order valence-corrected chi connectivity index (χ3v) is 4.26. The molecule has 1 amide bonds. The standard InChI is InChI=1S/C15H19ClN2O2S/c1-21-9-12(4-5-19)18-15(20)6-10-8-17-14-3-2-11(16)7-13(10)14/h2-3,7-8,12,17,19H,4-6,9H2,1H3,(H,18,20). The van der Waals surface area contributed by atoms with Crippen molar-refractivity contribution in [2.24, 2.45) is 0 Å². The van der Waals surface area contributed by atoms with Gasteiger partial charge in [-0.3, -0.25) is 4.79 Å². The number of aromatic amines is 1. The fourth-order valence-electron chi connectivity index (χ4n) is 2.30. The van der Waals surface area contributed by atoms with Crippen LogP contribution in [0.3, 0.4) is 0 Å². The maximum absolute atomic E-state index is 12.2. The van der Waals surface area contributed by atoms with E-state index in [2.05, 4.69) is 10.3 Å². The van der Waals surface area contributed by atoms with E-state index < -0.39 is 0 Å². The van der Waals surface area contributed by atoms with Crippen LogP contribution in [0, 0.1) is 0 Å². The second-order valence-electron chi connectivity index (χ2n) is 4.91. The topological polar surface area (TPSA) is 65.1 Å². The Morgan fingerprint density at radius 3 is 3.05 bits per heavy atom. The number of aliphatic hydroxyl groups is 1. The van der Waals surface area contributed by atoms with Gasteiger partial charge in [0, 0.05) is 40.5 Å². The van der Waals surface area contributed by atoms with E-state index in [1.165, 1.54) is 0 Å². The first-order valence-electron chi connectivity index (χ1n) is 6.78. The summed E-state index contributed by atoms with van der Waals surface area (Å²) >= 11 is 7.66. The van der Waals surface area contributed by atoms with Crippen LogP contribution in [-0.2, 0) is 11.2 Å². The number of fused-ring (bicyclic) bond motifs is 1. The van der Waals surface area contributed by atoms with Gasteiger partial charge < -0.3 is 15.4 Å². The van der Waals surface area contributed by atoms with E-state index in [-0.39, 0.29) is 18.6 Å². The zero-order valence-electron chi connectivity index (χ0n) is 11.9. The van der Waals surface area contributed by atoms with Crippen molar-refractivity contribution in [3.63, 3.8) is 0 Å². The maximum atomic E-state index is 12.2. The summed E-state index contributed by atoms with van der Waals surface area (Å²) < 4.78 is 0. The molecule has 0 radical (unpaired) electrons. The number of benzene rings is 1. The Bertz CT molecular complexity index is 609. The summed E-state index contributed by atoms with van der Waals surface area (Å²) in [5.74, 6) is 0.759. The lowest BCUT2D eigenvalue weighted by molar-refractivity contribution is -0.121. The number of hydrogen-bond acceptors (Lipinski definition) is 3. The molecule has 2 rings (SSSR count). The Labute approximate surface area is 133 Å². The molecule has 1 aromatic heterocycles. The number of amides is 1. The second kappa shape index (κ2) is 7.73. The minimum atomic E-state index is -0.0385. The molecule has 1 atom stereocenters. The number of rotatable bonds is 7. The van der Waals surface area contributed by atoms with E-state index in [0.717, 1.165) is 22.2 Å². The van der Waals surface area contributed by atoms with Gasteiger partial charge in [0.2, 0.25) is 5.91 Å². The second-order valence-corrected chi connectivity index (χ2v) is 6.26. The molecule has 0 aliphatic rings.